The van der Waals surface area contributed by atoms with Crippen molar-refractivity contribution in [2.45, 2.75) is 75.9 Å². The van der Waals surface area contributed by atoms with Crippen molar-refractivity contribution in [1.82, 2.24) is 4.90 Å². The maximum Gasteiger partial charge on any atom is 0.410 e. The molecule has 0 radical (unpaired) electrons. The van der Waals surface area contributed by atoms with E-state index in [4.69, 9.17) is 4.74 Å². The Morgan fingerprint density at radius 2 is 1.95 bits per heavy atom. The first-order valence-electron chi connectivity index (χ1n) is 7.43. The van der Waals surface area contributed by atoms with Gasteiger partial charge in [0.15, 0.2) is 0 Å². The van der Waals surface area contributed by atoms with E-state index in [1.54, 1.807) is 11.8 Å². The standard InChI is InChI=1S/C15H24BrNO4/c1-14(2,3)21-13(20)17-10-5-6-11(17)15(4,12(18)19)8-9(16)7-10/h9-11H,5-8H2,1-4H3,(H,18,19). The molecule has 0 aromatic heterocycles. The van der Waals surface area contributed by atoms with Crippen LogP contribution in [0.1, 0.15) is 53.4 Å². The maximum atomic E-state index is 12.5. The highest BCUT2D eigenvalue weighted by molar-refractivity contribution is 9.09. The second-order valence-electron chi connectivity index (χ2n) is 7.39. The Morgan fingerprint density at radius 1 is 1.33 bits per heavy atom. The fourth-order valence-electron chi connectivity index (χ4n) is 3.54. The molecule has 4 unspecified atom stereocenters. The number of carbonyl (C=O) groups excluding carboxylic acids is 1. The lowest BCUT2D eigenvalue weighted by molar-refractivity contribution is -0.151. The summed E-state index contributed by atoms with van der Waals surface area (Å²) >= 11 is 3.58. The van der Waals surface area contributed by atoms with Crippen LogP contribution in [0.3, 0.4) is 0 Å². The van der Waals surface area contributed by atoms with Crippen LogP contribution in [-0.4, -0.2) is 44.6 Å². The third-order valence-electron chi connectivity index (χ3n) is 4.50. The maximum absolute atomic E-state index is 12.5. The van der Waals surface area contributed by atoms with Gasteiger partial charge in [0.05, 0.1) is 11.5 Å². The smallest absolute Gasteiger partial charge is 0.410 e. The first-order chi connectivity index (χ1) is 9.54. The first-order valence-corrected chi connectivity index (χ1v) is 8.35. The number of hydrogen-bond donors (Lipinski definition) is 1. The Bertz CT molecular complexity index is 447. The van der Waals surface area contributed by atoms with E-state index in [0.717, 1.165) is 19.3 Å². The van der Waals surface area contributed by atoms with Gasteiger partial charge in [-0.05, 0) is 53.4 Å². The van der Waals surface area contributed by atoms with Crippen LogP contribution in [0.2, 0.25) is 0 Å². The number of carboxylic acids is 1. The Labute approximate surface area is 134 Å². The topological polar surface area (TPSA) is 66.8 Å². The molecule has 0 aliphatic carbocycles. The van der Waals surface area contributed by atoms with Crippen molar-refractivity contribution in [3.8, 4) is 0 Å². The van der Waals surface area contributed by atoms with Crippen molar-refractivity contribution in [2.24, 2.45) is 5.41 Å². The lowest BCUT2D eigenvalue weighted by Crippen LogP contribution is -2.51. The van der Waals surface area contributed by atoms with E-state index in [2.05, 4.69) is 15.9 Å². The highest BCUT2D eigenvalue weighted by atomic mass is 79.9. The van der Waals surface area contributed by atoms with Crippen molar-refractivity contribution in [3.63, 3.8) is 0 Å². The number of nitrogens with zero attached hydrogens (tertiary/aromatic N) is 1. The second-order valence-corrected chi connectivity index (χ2v) is 8.69. The molecular weight excluding hydrogens is 338 g/mol. The molecule has 2 bridgehead atoms. The molecule has 2 aliphatic heterocycles. The third-order valence-corrected chi connectivity index (χ3v) is 5.20. The van der Waals surface area contributed by atoms with Gasteiger partial charge >= 0.3 is 12.1 Å². The number of fused-ring (bicyclic) bond motifs is 2. The summed E-state index contributed by atoms with van der Waals surface area (Å²) < 4.78 is 5.50. The van der Waals surface area contributed by atoms with E-state index in [1.807, 2.05) is 20.8 Å². The largest absolute Gasteiger partial charge is 0.481 e. The molecule has 2 heterocycles. The molecule has 2 saturated heterocycles. The fourth-order valence-corrected chi connectivity index (χ4v) is 4.64. The number of aliphatic carboxylic acids is 1. The van der Waals surface area contributed by atoms with Gasteiger partial charge in [0.2, 0.25) is 0 Å². The SMILES string of the molecule is CC(C)(C)OC(=O)N1C2CCC1C(C)(C(=O)O)CC(Br)C2. The van der Waals surface area contributed by atoms with Gasteiger partial charge in [-0.25, -0.2) is 4.79 Å². The fraction of sp³-hybridized carbons (Fsp3) is 0.867. The number of hydrogen-bond acceptors (Lipinski definition) is 3. The number of halogens is 1. The van der Waals surface area contributed by atoms with Crippen LogP contribution in [0.25, 0.3) is 0 Å². The van der Waals surface area contributed by atoms with Crippen molar-refractivity contribution in [2.75, 3.05) is 0 Å². The Balaban J connectivity index is 2.33. The number of ether oxygens (including phenoxy) is 1. The van der Waals surface area contributed by atoms with E-state index in [0.29, 0.717) is 6.42 Å². The minimum atomic E-state index is -0.934. The molecule has 6 heteroatoms. The molecule has 0 aromatic rings. The van der Waals surface area contributed by atoms with Gasteiger partial charge < -0.3 is 14.7 Å². The van der Waals surface area contributed by atoms with E-state index in [-0.39, 0.29) is 23.0 Å². The van der Waals surface area contributed by atoms with Crippen molar-refractivity contribution >= 4 is 28.0 Å². The normalized spacial score (nSPS) is 36.2. The minimum Gasteiger partial charge on any atom is -0.481 e. The van der Waals surface area contributed by atoms with Crippen LogP contribution < -0.4 is 0 Å². The van der Waals surface area contributed by atoms with Gasteiger partial charge in [0, 0.05) is 10.9 Å². The molecule has 1 N–H and O–H groups in total. The number of alkyl halides is 1. The molecule has 120 valence electrons. The first kappa shape index (κ1) is 16.6. The zero-order chi connectivity index (χ0) is 16.0. The summed E-state index contributed by atoms with van der Waals surface area (Å²) in [5, 5.41) is 9.69. The number of rotatable bonds is 1. The van der Waals surface area contributed by atoms with Crippen molar-refractivity contribution in [3.05, 3.63) is 0 Å². The van der Waals surface area contributed by atoms with Crippen molar-refractivity contribution in [1.29, 1.82) is 0 Å². The summed E-state index contributed by atoms with van der Waals surface area (Å²) in [5.41, 5.74) is -1.51. The number of amides is 1. The van der Waals surface area contributed by atoms with E-state index in [1.165, 1.54) is 0 Å². The third kappa shape index (κ3) is 3.20. The summed E-state index contributed by atoms with van der Waals surface area (Å²) in [7, 11) is 0. The van der Waals surface area contributed by atoms with Crippen LogP contribution in [0.5, 0.6) is 0 Å². The Hall–Kier alpha value is -0.780. The minimum absolute atomic E-state index is 0.0652. The second kappa shape index (κ2) is 5.45. The predicted molar refractivity (Wildman–Crippen MR) is 82.6 cm³/mol. The molecule has 2 rings (SSSR count). The Kier molecular flexibility index (Phi) is 4.30. The highest BCUT2D eigenvalue weighted by Gasteiger charge is 2.55. The molecule has 0 aromatic carbocycles. The van der Waals surface area contributed by atoms with Crippen LogP contribution in [0.15, 0.2) is 0 Å². The molecule has 5 nitrogen and oxygen atoms in total. The molecule has 21 heavy (non-hydrogen) atoms. The van der Waals surface area contributed by atoms with E-state index < -0.39 is 17.0 Å². The molecular formula is C15H24BrNO4. The highest BCUT2D eigenvalue weighted by Crippen LogP contribution is 2.47. The van der Waals surface area contributed by atoms with Crippen LogP contribution in [0, 0.1) is 5.41 Å². The van der Waals surface area contributed by atoms with Crippen LogP contribution >= 0.6 is 15.9 Å². The summed E-state index contributed by atoms with van der Waals surface area (Å²) in [6.07, 6.45) is 2.49. The van der Waals surface area contributed by atoms with Gasteiger partial charge in [0.1, 0.15) is 5.60 Å². The summed E-state index contributed by atoms with van der Waals surface area (Å²) in [6.45, 7) is 7.23. The zero-order valence-corrected chi connectivity index (χ0v) is 14.6. The Morgan fingerprint density at radius 3 is 2.48 bits per heavy atom. The summed E-state index contributed by atoms with van der Waals surface area (Å²) in [5.74, 6) is -0.840. The molecule has 2 fully saturated rings. The van der Waals surface area contributed by atoms with Crippen molar-refractivity contribution < 1.29 is 19.4 Å². The predicted octanol–water partition coefficient (Wildman–Crippen LogP) is 3.40. The molecule has 4 atom stereocenters. The molecule has 1 amide bonds. The van der Waals surface area contributed by atoms with Gasteiger partial charge in [-0.1, -0.05) is 15.9 Å². The zero-order valence-electron chi connectivity index (χ0n) is 13.1. The van der Waals surface area contributed by atoms with E-state index >= 15 is 0 Å². The van der Waals surface area contributed by atoms with Gasteiger partial charge in [-0.3, -0.25) is 4.79 Å². The van der Waals surface area contributed by atoms with Crippen LogP contribution in [-0.2, 0) is 9.53 Å². The quantitative estimate of drug-likeness (QED) is 0.726. The molecule has 2 aliphatic rings. The van der Waals surface area contributed by atoms with Crippen LogP contribution in [0.4, 0.5) is 4.79 Å². The number of carboxylic acid groups (broad SMARTS) is 1. The lowest BCUT2D eigenvalue weighted by Gasteiger charge is -2.37. The summed E-state index contributed by atoms with van der Waals surface area (Å²) in [6, 6.07) is -0.229. The van der Waals surface area contributed by atoms with Gasteiger partial charge in [0.25, 0.3) is 0 Å². The lowest BCUT2D eigenvalue weighted by atomic mass is 9.76. The van der Waals surface area contributed by atoms with Gasteiger partial charge in [-0.2, -0.15) is 0 Å². The molecule has 0 saturated carbocycles. The summed E-state index contributed by atoms with van der Waals surface area (Å²) in [4.78, 5) is 26.2. The number of carbonyl (C=O) groups is 2. The van der Waals surface area contributed by atoms with E-state index in [9.17, 15) is 14.7 Å². The van der Waals surface area contributed by atoms with Gasteiger partial charge in [-0.15, -0.1) is 0 Å². The average molecular weight is 362 g/mol. The molecule has 0 spiro atoms. The monoisotopic (exact) mass is 361 g/mol. The average Bonchev–Trinajstić information content (AvgIpc) is 2.64.